The Labute approximate surface area is 302 Å². The molecular formula is C39H42N6O7. The molecular weight excluding hydrogens is 664 g/mol. The number of aliphatic hydroxyl groups is 1. The molecule has 13 heteroatoms. The first kappa shape index (κ1) is 35.2. The fourth-order valence-electron chi connectivity index (χ4n) is 6.90. The molecule has 3 aromatic carbocycles. The summed E-state index contributed by atoms with van der Waals surface area (Å²) in [7, 11) is 0. The van der Waals surface area contributed by atoms with Crippen molar-refractivity contribution in [1.82, 2.24) is 20.2 Å². The molecule has 1 unspecified atom stereocenters. The summed E-state index contributed by atoms with van der Waals surface area (Å²) >= 11 is 0. The summed E-state index contributed by atoms with van der Waals surface area (Å²) in [4.78, 5) is 53.6. The first-order chi connectivity index (χ1) is 25.4. The normalized spacial score (nSPS) is 23.8. The van der Waals surface area contributed by atoms with E-state index >= 15 is 0 Å². The van der Waals surface area contributed by atoms with Crippen molar-refractivity contribution < 1.29 is 33.7 Å². The van der Waals surface area contributed by atoms with Gasteiger partial charge in [0.15, 0.2) is 6.29 Å². The summed E-state index contributed by atoms with van der Waals surface area (Å²) in [5.74, 6) is -0.276. The van der Waals surface area contributed by atoms with Gasteiger partial charge in [-0.2, -0.15) is 0 Å². The lowest BCUT2D eigenvalue weighted by Crippen LogP contribution is -2.51. The number of nitrogens with one attached hydrogen (secondary N) is 1. The largest absolute Gasteiger partial charge is 0.445 e. The smallest absolute Gasteiger partial charge is 0.408 e. The molecule has 7 rings (SSSR count). The van der Waals surface area contributed by atoms with Crippen LogP contribution < -0.4 is 15.1 Å². The minimum Gasteiger partial charge on any atom is -0.445 e. The Morgan fingerprint density at radius 1 is 0.885 bits per heavy atom. The van der Waals surface area contributed by atoms with Gasteiger partial charge in [-0.25, -0.2) is 19.7 Å². The van der Waals surface area contributed by atoms with Gasteiger partial charge in [0.05, 0.1) is 30.9 Å². The Hall–Kier alpha value is -5.21. The van der Waals surface area contributed by atoms with Crippen LogP contribution in [-0.2, 0) is 37.0 Å². The lowest BCUT2D eigenvalue weighted by Gasteiger charge is -2.44. The number of carbonyl (C=O) groups excluding carboxylic acids is 3. The first-order valence-electron chi connectivity index (χ1n) is 17.5. The summed E-state index contributed by atoms with van der Waals surface area (Å²) in [6.07, 6.45) is 1.21. The van der Waals surface area contributed by atoms with Crippen LogP contribution in [0.5, 0.6) is 0 Å². The molecule has 3 aliphatic heterocycles. The van der Waals surface area contributed by atoms with Crippen LogP contribution in [0.15, 0.2) is 97.3 Å². The van der Waals surface area contributed by atoms with Crippen LogP contribution in [0.1, 0.15) is 48.0 Å². The molecule has 5 atom stereocenters. The molecule has 0 radical (unpaired) electrons. The topological polar surface area (TPSA) is 147 Å². The van der Waals surface area contributed by atoms with Crippen molar-refractivity contribution in [1.29, 1.82) is 0 Å². The Morgan fingerprint density at radius 3 is 2.37 bits per heavy atom. The molecule has 0 aliphatic carbocycles. The number of alkyl carbamates (subject to hydrolysis) is 1. The molecule has 3 fully saturated rings. The maximum atomic E-state index is 13.5. The monoisotopic (exact) mass is 706 g/mol. The molecule has 2 N–H and O–H groups in total. The predicted octanol–water partition coefficient (Wildman–Crippen LogP) is 4.14. The summed E-state index contributed by atoms with van der Waals surface area (Å²) < 4.78 is 18.6. The number of hydrogen-bond acceptors (Lipinski definition) is 11. The van der Waals surface area contributed by atoms with E-state index in [4.69, 9.17) is 14.2 Å². The second kappa shape index (κ2) is 16.0. The molecule has 4 heterocycles. The molecule has 270 valence electrons. The Balaban J connectivity index is 1.06. The van der Waals surface area contributed by atoms with Crippen LogP contribution in [-0.4, -0.2) is 82.8 Å². The van der Waals surface area contributed by atoms with Gasteiger partial charge >= 0.3 is 6.09 Å². The van der Waals surface area contributed by atoms with Gasteiger partial charge in [-0.1, -0.05) is 73.7 Å². The number of hydrogen-bond donors (Lipinski definition) is 2. The molecule has 0 spiro atoms. The van der Waals surface area contributed by atoms with Crippen molar-refractivity contribution >= 4 is 29.5 Å². The highest BCUT2D eigenvalue weighted by molar-refractivity contribution is 6.22. The van der Waals surface area contributed by atoms with Gasteiger partial charge in [-0.3, -0.25) is 14.5 Å². The van der Waals surface area contributed by atoms with E-state index in [1.807, 2.05) is 66.7 Å². The number of aromatic nitrogens is 2. The third kappa shape index (κ3) is 7.97. The van der Waals surface area contributed by atoms with Gasteiger partial charge in [-0.05, 0) is 34.9 Å². The number of aliphatic hydroxyl groups excluding tert-OH is 1. The number of ether oxygens (including phenoxy) is 3. The van der Waals surface area contributed by atoms with Gasteiger partial charge in [0.1, 0.15) is 12.6 Å². The van der Waals surface area contributed by atoms with E-state index in [0.29, 0.717) is 17.8 Å². The van der Waals surface area contributed by atoms with Crippen molar-refractivity contribution in [2.45, 2.75) is 51.1 Å². The van der Waals surface area contributed by atoms with Crippen molar-refractivity contribution in [3.8, 4) is 0 Å². The molecule has 52 heavy (non-hydrogen) atoms. The third-order valence-corrected chi connectivity index (χ3v) is 9.82. The van der Waals surface area contributed by atoms with Gasteiger partial charge in [-0.15, -0.1) is 0 Å². The van der Waals surface area contributed by atoms with Crippen LogP contribution >= 0.6 is 0 Å². The van der Waals surface area contributed by atoms with Crippen LogP contribution in [0.3, 0.4) is 0 Å². The maximum absolute atomic E-state index is 13.5. The van der Waals surface area contributed by atoms with E-state index in [1.165, 1.54) is 0 Å². The molecule has 3 amide bonds. The van der Waals surface area contributed by atoms with E-state index in [2.05, 4.69) is 32.0 Å². The van der Waals surface area contributed by atoms with E-state index in [1.54, 1.807) is 30.6 Å². The van der Waals surface area contributed by atoms with E-state index in [-0.39, 0.29) is 37.8 Å². The molecule has 0 saturated carbocycles. The Morgan fingerprint density at radius 2 is 1.63 bits per heavy atom. The van der Waals surface area contributed by atoms with Crippen molar-refractivity contribution in [2.75, 3.05) is 42.5 Å². The van der Waals surface area contributed by atoms with Crippen LogP contribution in [0, 0.1) is 5.92 Å². The number of piperazine rings is 1. The summed E-state index contributed by atoms with van der Waals surface area (Å²) in [5.41, 5.74) is 3.58. The molecule has 3 saturated heterocycles. The fraction of sp³-hybridized carbons (Fsp3) is 0.359. The predicted molar refractivity (Wildman–Crippen MR) is 191 cm³/mol. The average Bonchev–Trinajstić information content (AvgIpc) is 3.47. The van der Waals surface area contributed by atoms with E-state index < -0.39 is 30.2 Å². The van der Waals surface area contributed by atoms with Gasteiger partial charge in [0, 0.05) is 56.6 Å². The van der Waals surface area contributed by atoms with Crippen LogP contribution in [0.4, 0.5) is 16.4 Å². The highest BCUT2D eigenvalue weighted by Crippen LogP contribution is 2.42. The quantitative estimate of drug-likeness (QED) is 0.230. The number of amides is 3. The minimum atomic E-state index is -1.05. The highest BCUT2D eigenvalue weighted by Gasteiger charge is 2.42. The number of imide groups is 1. The first-order valence-corrected chi connectivity index (χ1v) is 17.5. The second-order valence-electron chi connectivity index (χ2n) is 13.3. The number of carbonyl (C=O) groups is 3. The zero-order valence-electron chi connectivity index (χ0n) is 28.9. The number of benzene rings is 3. The van der Waals surface area contributed by atoms with Crippen molar-refractivity contribution in [2.24, 2.45) is 5.92 Å². The molecule has 0 bridgehead atoms. The highest BCUT2D eigenvalue weighted by atomic mass is 16.7. The summed E-state index contributed by atoms with van der Waals surface area (Å²) in [5, 5.41) is 12.2. The summed E-state index contributed by atoms with van der Waals surface area (Å²) in [6.45, 7) is 5.99. The van der Waals surface area contributed by atoms with E-state index in [9.17, 15) is 19.5 Å². The Kier molecular flexibility index (Phi) is 10.8. The van der Waals surface area contributed by atoms with Gasteiger partial charge < -0.3 is 29.5 Å². The lowest BCUT2D eigenvalue weighted by atomic mass is 9.90. The lowest BCUT2D eigenvalue weighted by molar-refractivity contribution is -0.276. The number of rotatable bonds is 10. The zero-order valence-corrected chi connectivity index (χ0v) is 28.9. The fourth-order valence-corrected chi connectivity index (χ4v) is 6.90. The molecule has 1 aromatic heterocycles. The summed E-state index contributed by atoms with van der Waals surface area (Å²) in [6, 6.07) is 24.7. The number of nitrogens with zero attached hydrogens (tertiary/aromatic N) is 5. The zero-order chi connectivity index (χ0) is 36.0. The average molecular weight is 707 g/mol. The van der Waals surface area contributed by atoms with Gasteiger partial charge in [0.25, 0.3) is 5.91 Å². The van der Waals surface area contributed by atoms with Crippen molar-refractivity contribution in [3.63, 3.8) is 0 Å². The SMILES string of the molecule is C[C@@H]1[C@H](CN2CCN(c3ncccn3)CC2)O[C@H](c2cccc(N3C(=O)CC(NC(=O)OCc4ccccc4)C3=O)c2)O[C@@H]1c1ccc(CO)cc1. The molecule has 13 nitrogen and oxygen atoms in total. The van der Waals surface area contributed by atoms with E-state index in [0.717, 1.165) is 53.7 Å². The van der Waals surface area contributed by atoms with Crippen molar-refractivity contribution in [3.05, 3.63) is 120 Å². The third-order valence-electron chi connectivity index (χ3n) is 9.82. The van der Waals surface area contributed by atoms with Crippen LogP contribution in [0.25, 0.3) is 0 Å². The maximum Gasteiger partial charge on any atom is 0.408 e. The number of anilines is 2. The standard InChI is InChI=1S/C39H42N6O7/c1-26-33(23-43-17-19-44(20-18-43)38-40-15-6-16-41-38)51-37(52-35(26)29-13-11-27(24-46)12-14-29)30-9-5-10-31(21-30)45-34(47)22-32(36(45)48)42-39(49)50-25-28-7-3-2-4-8-28/h2-16,21,26,32-33,35,37,46H,17-20,22-25H2,1H3,(H,42,49)/t26-,32?,33+,35+,37+/m1/s1. The minimum absolute atomic E-state index is 0.0230. The molecule has 3 aliphatic rings. The Bertz CT molecular complexity index is 1840. The van der Waals surface area contributed by atoms with Crippen LogP contribution in [0.2, 0.25) is 0 Å². The molecule has 4 aromatic rings. The van der Waals surface area contributed by atoms with Gasteiger partial charge in [0.2, 0.25) is 11.9 Å². The second-order valence-corrected chi connectivity index (χ2v) is 13.3.